The molecule has 0 radical (unpaired) electrons. The summed E-state index contributed by atoms with van der Waals surface area (Å²) in [6.45, 7) is 1.49. The van der Waals surface area contributed by atoms with Crippen LogP contribution in [0.15, 0.2) is 12.3 Å². The second-order valence-electron chi connectivity index (χ2n) is 1.23. The van der Waals surface area contributed by atoms with E-state index >= 15 is 0 Å². The molecule has 3 nitrogen and oxygen atoms in total. The number of rotatable bonds is 3. The minimum atomic E-state index is -0.786. The third-order valence-corrected chi connectivity index (χ3v) is 0.450. The van der Waals surface area contributed by atoms with Gasteiger partial charge >= 0.3 is 0 Å². The first-order valence-electron chi connectivity index (χ1n) is 2.26. The number of hydrogen-bond donors (Lipinski definition) is 2. The summed E-state index contributed by atoms with van der Waals surface area (Å²) in [6, 6.07) is 0. The predicted molar refractivity (Wildman–Crippen MR) is 30.7 cm³/mol. The first-order valence-corrected chi connectivity index (χ1v) is 2.26. The molecule has 0 bridgehead atoms. The van der Waals surface area contributed by atoms with Crippen LogP contribution in [0.3, 0.4) is 0 Å². The summed E-state index contributed by atoms with van der Waals surface area (Å²) in [4.78, 5) is 0. The molecule has 0 aliphatic carbocycles. The summed E-state index contributed by atoms with van der Waals surface area (Å²) >= 11 is 0. The molecule has 0 aromatic heterocycles. The van der Waals surface area contributed by atoms with Crippen molar-refractivity contribution >= 4 is 6.21 Å². The van der Waals surface area contributed by atoms with Crippen molar-refractivity contribution in [2.24, 2.45) is 0 Å². The van der Waals surface area contributed by atoms with Crippen molar-refractivity contribution in [2.45, 2.75) is 13.2 Å². The van der Waals surface area contributed by atoms with Crippen molar-refractivity contribution in [3.8, 4) is 0 Å². The Bertz CT molecular complexity index is 88.4. The predicted octanol–water partition coefficient (Wildman–Crippen LogP) is 0.505. The third-order valence-electron chi connectivity index (χ3n) is 0.450. The summed E-state index contributed by atoms with van der Waals surface area (Å²) in [7, 11) is 0. The molecule has 0 aromatic carbocycles. The molecule has 0 saturated carbocycles. The Morgan fingerprint density at radius 2 is 2.38 bits per heavy atom. The minimum Gasteiger partial charge on any atom is -0.473 e. The van der Waals surface area contributed by atoms with Crippen molar-refractivity contribution in [1.29, 1.82) is 5.41 Å². The smallest absolute Gasteiger partial charge is 0.193 e. The highest BCUT2D eigenvalue weighted by Crippen LogP contribution is 1.82. The number of aliphatic hydroxyl groups excluding tert-OH is 1. The Kier molecular flexibility index (Phi) is 3.88. The Balaban J connectivity index is 3.15. The lowest BCUT2D eigenvalue weighted by molar-refractivity contribution is -0.0347. The van der Waals surface area contributed by atoms with Gasteiger partial charge in [-0.15, -0.1) is 0 Å². The van der Waals surface area contributed by atoms with Crippen LogP contribution in [0.4, 0.5) is 0 Å². The van der Waals surface area contributed by atoms with Crippen molar-refractivity contribution in [3.05, 3.63) is 12.3 Å². The van der Waals surface area contributed by atoms with Crippen LogP contribution in [0.5, 0.6) is 0 Å². The molecular weight excluding hydrogens is 106 g/mol. The van der Waals surface area contributed by atoms with Crippen LogP contribution in [-0.4, -0.2) is 17.6 Å². The van der Waals surface area contributed by atoms with Gasteiger partial charge in [-0.3, -0.25) is 0 Å². The fraction of sp³-hybridized carbons (Fsp3) is 0.400. The van der Waals surface area contributed by atoms with Crippen LogP contribution in [0, 0.1) is 5.41 Å². The topological polar surface area (TPSA) is 53.3 Å². The van der Waals surface area contributed by atoms with Gasteiger partial charge in [0.05, 0.1) is 6.26 Å². The highest BCUT2D eigenvalue weighted by atomic mass is 16.6. The SMILES string of the molecule is CC(O)O/C=C\C=N. The Morgan fingerprint density at radius 3 is 2.75 bits per heavy atom. The van der Waals surface area contributed by atoms with E-state index in [0.29, 0.717) is 0 Å². The van der Waals surface area contributed by atoms with Gasteiger partial charge in [-0.2, -0.15) is 0 Å². The van der Waals surface area contributed by atoms with Gasteiger partial charge in [0.2, 0.25) is 0 Å². The number of ether oxygens (including phenoxy) is 1. The van der Waals surface area contributed by atoms with Crippen LogP contribution in [0.25, 0.3) is 0 Å². The Labute approximate surface area is 48.1 Å². The molecule has 0 aliphatic heterocycles. The van der Waals surface area contributed by atoms with E-state index in [-0.39, 0.29) is 0 Å². The maximum Gasteiger partial charge on any atom is 0.193 e. The van der Waals surface area contributed by atoms with Crippen LogP contribution in [0.2, 0.25) is 0 Å². The molecule has 0 heterocycles. The number of nitrogens with one attached hydrogen (secondary N) is 1. The molecule has 0 fully saturated rings. The average Bonchev–Trinajstić information content (AvgIpc) is 1.66. The van der Waals surface area contributed by atoms with E-state index in [9.17, 15) is 0 Å². The fourth-order valence-electron chi connectivity index (χ4n) is 0.198. The van der Waals surface area contributed by atoms with Crippen molar-refractivity contribution in [1.82, 2.24) is 0 Å². The van der Waals surface area contributed by atoms with Crippen LogP contribution in [-0.2, 0) is 4.74 Å². The summed E-state index contributed by atoms with van der Waals surface area (Å²) in [5.41, 5.74) is 0. The minimum absolute atomic E-state index is 0.786. The average molecular weight is 115 g/mol. The number of allylic oxidation sites excluding steroid dienone is 1. The lowest BCUT2D eigenvalue weighted by Gasteiger charge is -1.99. The maximum atomic E-state index is 8.43. The Hall–Kier alpha value is -0.830. The van der Waals surface area contributed by atoms with Gasteiger partial charge in [-0.25, -0.2) is 0 Å². The van der Waals surface area contributed by atoms with Gasteiger partial charge in [0, 0.05) is 6.21 Å². The van der Waals surface area contributed by atoms with Gasteiger partial charge in [0.15, 0.2) is 6.29 Å². The standard InChI is InChI=1S/C5H9NO2/c1-5(7)8-4-2-3-6/h2-7H,1H3/b4-2-,6-3?. The van der Waals surface area contributed by atoms with Gasteiger partial charge < -0.3 is 15.3 Å². The largest absolute Gasteiger partial charge is 0.473 e. The third kappa shape index (κ3) is 5.17. The fourth-order valence-corrected chi connectivity index (χ4v) is 0.198. The van der Waals surface area contributed by atoms with Crippen LogP contribution < -0.4 is 0 Å². The van der Waals surface area contributed by atoms with Crippen LogP contribution in [0.1, 0.15) is 6.92 Å². The number of aliphatic hydroxyl groups is 1. The zero-order valence-electron chi connectivity index (χ0n) is 4.66. The molecule has 0 rings (SSSR count). The van der Waals surface area contributed by atoms with Gasteiger partial charge in [-0.1, -0.05) is 0 Å². The zero-order chi connectivity index (χ0) is 6.41. The first kappa shape index (κ1) is 7.17. The highest BCUT2D eigenvalue weighted by molar-refractivity contribution is 5.66. The lowest BCUT2D eigenvalue weighted by atomic mass is 10.7. The maximum absolute atomic E-state index is 8.43. The van der Waals surface area contributed by atoms with E-state index < -0.39 is 6.29 Å². The summed E-state index contributed by atoms with van der Waals surface area (Å²) in [5.74, 6) is 0. The van der Waals surface area contributed by atoms with Gasteiger partial charge in [0.1, 0.15) is 0 Å². The van der Waals surface area contributed by atoms with E-state index in [4.69, 9.17) is 10.5 Å². The molecule has 8 heavy (non-hydrogen) atoms. The molecule has 0 saturated heterocycles. The van der Waals surface area contributed by atoms with Gasteiger partial charge in [-0.05, 0) is 13.0 Å². The molecule has 1 unspecified atom stereocenters. The van der Waals surface area contributed by atoms with Crippen LogP contribution >= 0.6 is 0 Å². The van der Waals surface area contributed by atoms with Gasteiger partial charge in [0.25, 0.3) is 0 Å². The molecule has 2 N–H and O–H groups in total. The summed E-state index contributed by atoms with van der Waals surface area (Å²) < 4.78 is 4.51. The van der Waals surface area contributed by atoms with Crippen molar-refractivity contribution < 1.29 is 9.84 Å². The van der Waals surface area contributed by atoms with E-state index in [1.165, 1.54) is 19.3 Å². The quantitative estimate of drug-likeness (QED) is 0.320. The number of hydrogen-bond acceptors (Lipinski definition) is 3. The molecule has 0 amide bonds. The molecule has 3 heteroatoms. The zero-order valence-corrected chi connectivity index (χ0v) is 4.66. The van der Waals surface area contributed by atoms with E-state index in [1.54, 1.807) is 0 Å². The molecule has 0 aliphatic rings. The molecule has 0 spiro atoms. The first-order chi connectivity index (χ1) is 3.77. The summed E-state index contributed by atoms with van der Waals surface area (Å²) in [5, 5.41) is 14.9. The Morgan fingerprint density at radius 1 is 1.75 bits per heavy atom. The molecule has 46 valence electrons. The highest BCUT2D eigenvalue weighted by Gasteiger charge is 1.84. The lowest BCUT2D eigenvalue weighted by Crippen LogP contribution is -1.99. The van der Waals surface area contributed by atoms with E-state index in [0.717, 1.165) is 6.21 Å². The van der Waals surface area contributed by atoms with Crippen molar-refractivity contribution in [3.63, 3.8) is 0 Å². The molecule has 1 atom stereocenters. The van der Waals surface area contributed by atoms with E-state index in [2.05, 4.69) is 4.74 Å². The summed E-state index contributed by atoms with van der Waals surface area (Å²) in [6.07, 6.45) is 2.93. The second kappa shape index (κ2) is 4.33. The molecule has 0 aromatic rings. The normalized spacial score (nSPS) is 13.8. The molecular formula is C5H9NO2. The van der Waals surface area contributed by atoms with Crippen molar-refractivity contribution in [2.75, 3.05) is 0 Å². The monoisotopic (exact) mass is 115 g/mol. The second-order valence-corrected chi connectivity index (χ2v) is 1.23. The van der Waals surface area contributed by atoms with E-state index in [1.807, 2.05) is 0 Å².